The average Bonchev–Trinajstić information content (AvgIpc) is 3.76. The first-order chi connectivity index (χ1) is 32.2. The van der Waals surface area contributed by atoms with Crippen molar-refractivity contribution in [3.63, 3.8) is 0 Å². The number of aromatic nitrogens is 7. The lowest BCUT2D eigenvalue weighted by Gasteiger charge is -2.44. The molecule has 3 aromatic heterocycles. The molecule has 3 heterocycles. The van der Waals surface area contributed by atoms with Crippen molar-refractivity contribution in [1.29, 1.82) is 0 Å². The highest BCUT2D eigenvalue weighted by molar-refractivity contribution is 6.09. The summed E-state index contributed by atoms with van der Waals surface area (Å²) < 4.78 is 93.4. The van der Waals surface area contributed by atoms with Crippen molar-refractivity contribution >= 4 is 21.8 Å². The minimum atomic E-state index is -0.702. The van der Waals surface area contributed by atoms with Gasteiger partial charge in [0.05, 0.1) is 24.7 Å². The highest BCUT2D eigenvalue weighted by atomic mass is 15.2. The summed E-state index contributed by atoms with van der Waals surface area (Å²) in [5.41, 5.74) is 1.12. The molecule has 0 fully saturated rings. The Balaban J connectivity index is 1.41. The van der Waals surface area contributed by atoms with Crippen molar-refractivity contribution in [3.8, 4) is 62.9 Å². The second kappa shape index (κ2) is 13.1. The molecule has 6 aromatic carbocycles. The van der Waals surface area contributed by atoms with Crippen molar-refractivity contribution in [2.45, 2.75) is 52.4 Å². The number of fused-ring (bicyclic) bond motifs is 4. The average molecular weight is 764 g/mol. The van der Waals surface area contributed by atoms with Crippen LogP contribution in [0, 0.1) is 5.41 Å². The quantitative estimate of drug-likeness (QED) is 0.168. The van der Waals surface area contributed by atoms with Crippen molar-refractivity contribution in [2.24, 2.45) is 5.41 Å². The van der Waals surface area contributed by atoms with Crippen LogP contribution in [0.5, 0.6) is 0 Å². The van der Waals surface area contributed by atoms with Gasteiger partial charge in [0, 0.05) is 38.6 Å². The zero-order chi connectivity index (χ0) is 48.5. The summed E-state index contributed by atoms with van der Waals surface area (Å²) in [4.78, 5) is 30.1. The molecule has 0 amide bonds. The monoisotopic (exact) mass is 763 g/mol. The second-order valence-corrected chi connectivity index (χ2v) is 16.1. The Labute approximate surface area is 352 Å². The summed E-state index contributed by atoms with van der Waals surface area (Å²) in [6, 6.07) is 23.4. The van der Waals surface area contributed by atoms with E-state index in [2.05, 4.69) is 41.5 Å². The molecule has 9 aromatic rings. The van der Waals surface area contributed by atoms with E-state index in [4.69, 9.17) is 38.1 Å². The Bertz CT molecular complexity index is 3460. The minimum absolute atomic E-state index is 0.0137. The van der Waals surface area contributed by atoms with Crippen molar-refractivity contribution < 1.29 is 13.7 Å². The number of hydrogen-bond donors (Lipinski definition) is 0. The van der Waals surface area contributed by atoms with Gasteiger partial charge in [-0.3, -0.25) is 4.57 Å². The Kier molecular flexibility index (Phi) is 5.90. The molecule has 0 unspecified atom stereocenters. The zero-order valence-corrected chi connectivity index (χ0v) is 32.8. The van der Waals surface area contributed by atoms with E-state index in [1.807, 2.05) is 66.7 Å². The van der Waals surface area contributed by atoms with Gasteiger partial charge in [0.1, 0.15) is 0 Å². The van der Waals surface area contributed by atoms with Gasteiger partial charge in [0.2, 0.25) is 5.95 Å². The van der Waals surface area contributed by atoms with Crippen molar-refractivity contribution in [2.75, 3.05) is 0 Å². The van der Waals surface area contributed by atoms with Gasteiger partial charge in [0.25, 0.3) is 0 Å². The van der Waals surface area contributed by atoms with Crippen molar-refractivity contribution in [1.82, 2.24) is 34.5 Å². The zero-order valence-electron chi connectivity index (χ0n) is 42.8. The van der Waals surface area contributed by atoms with E-state index in [0.29, 0.717) is 39.5 Å². The molecular formula is C51H43N7. The van der Waals surface area contributed by atoms with Gasteiger partial charge in [0.15, 0.2) is 29.1 Å². The van der Waals surface area contributed by atoms with Crippen LogP contribution < -0.4 is 0 Å². The van der Waals surface area contributed by atoms with Gasteiger partial charge in [-0.2, -0.15) is 9.97 Å². The molecule has 0 saturated heterocycles. The van der Waals surface area contributed by atoms with Crippen molar-refractivity contribution in [3.05, 3.63) is 163 Å². The smallest absolute Gasteiger partial charge is 0.238 e. The van der Waals surface area contributed by atoms with E-state index >= 15 is 0 Å². The van der Waals surface area contributed by atoms with Crippen LogP contribution in [0.1, 0.15) is 66.4 Å². The van der Waals surface area contributed by atoms with Crippen LogP contribution in [-0.2, 0) is 10.8 Å². The molecule has 0 N–H and O–H groups in total. The predicted octanol–water partition coefficient (Wildman–Crippen LogP) is 12.1. The maximum atomic E-state index is 10.4. The van der Waals surface area contributed by atoms with Gasteiger partial charge < -0.3 is 0 Å². The summed E-state index contributed by atoms with van der Waals surface area (Å²) in [6.45, 7) is 12.6. The van der Waals surface area contributed by atoms with Gasteiger partial charge >= 0.3 is 0 Å². The van der Waals surface area contributed by atoms with Crippen LogP contribution >= 0.6 is 0 Å². The first-order valence-electron chi connectivity index (χ1n) is 24.1. The Morgan fingerprint density at radius 1 is 0.431 bits per heavy atom. The number of hydrogen-bond acceptors (Lipinski definition) is 6. The number of para-hydroxylation sites is 2. The molecule has 10 rings (SSSR count). The van der Waals surface area contributed by atoms with E-state index < -0.39 is 64.6 Å². The van der Waals surface area contributed by atoms with Gasteiger partial charge in [-0.05, 0) is 51.5 Å². The number of rotatable bonds is 6. The molecule has 0 aliphatic heterocycles. The molecule has 58 heavy (non-hydrogen) atoms. The first kappa shape index (κ1) is 26.1. The normalized spacial score (nSPS) is 17.6. The maximum Gasteiger partial charge on any atom is 0.238 e. The summed E-state index contributed by atoms with van der Waals surface area (Å²) >= 11 is 0. The molecular weight excluding hydrogens is 711 g/mol. The lowest BCUT2D eigenvalue weighted by atomic mass is 9.59. The minimum Gasteiger partial charge on any atom is -0.278 e. The lowest BCUT2D eigenvalue weighted by Crippen LogP contribution is -2.42. The molecule has 282 valence electrons. The molecule has 0 radical (unpaired) electrons. The number of nitrogens with zero attached hydrogens (tertiary/aromatic N) is 7. The van der Waals surface area contributed by atoms with E-state index in [-0.39, 0.29) is 68.4 Å². The fraction of sp³-hybridized carbons (Fsp3) is 0.176. The predicted molar refractivity (Wildman–Crippen MR) is 235 cm³/mol. The lowest BCUT2D eigenvalue weighted by molar-refractivity contribution is 0.125. The third-order valence-electron chi connectivity index (χ3n) is 12.4. The van der Waals surface area contributed by atoms with E-state index in [9.17, 15) is 5.48 Å². The molecule has 1 aliphatic rings. The molecule has 0 spiro atoms. The summed E-state index contributed by atoms with van der Waals surface area (Å²) in [5, 5.41) is -0.292. The van der Waals surface area contributed by atoms with Crippen LogP contribution in [0.25, 0.3) is 84.7 Å². The maximum absolute atomic E-state index is 10.4. The van der Waals surface area contributed by atoms with E-state index in [1.54, 1.807) is 24.3 Å². The molecule has 0 atom stereocenters. The van der Waals surface area contributed by atoms with Crippen LogP contribution in [0.4, 0.5) is 0 Å². The summed E-state index contributed by atoms with van der Waals surface area (Å²) in [5.74, 6) is 0.430. The Morgan fingerprint density at radius 2 is 0.776 bits per heavy atom. The Morgan fingerprint density at radius 3 is 1.21 bits per heavy atom. The van der Waals surface area contributed by atoms with Gasteiger partial charge in [-0.25, -0.2) is 19.9 Å². The largest absolute Gasteiger partial charge is 0.278 e. The van der Waals surface area contributed by atoms with Gasteiger partial charge in [-0.15, -0.1) is 0 Å². The fourth-order valence-electron chi connectivity index (χ4n) is 8.01. The highest BCUT2D eigenvalue weighted by Gasteiger charge is 2.57. The van der Waals surface area contributed by atoms with Crippen LogP contribution in [0.3, 0.4) is 0 Å². The Hall–Kier alpha value is -6.86. The second-order valence-electron chi connectivity index (χ2n) is 16.1. The molecule has 1 aliphatic carbocycles. The molecule has 0 saturated carbocycles. The molecule has 7 heteroatoms. The molecule has 0 bridgehead atoms. The third kappa shape index (κ3) is 5.41. The molecule has 7 nitrogen and oxygen atoms in total. The standard InChI is InChI=1S/C51H43N7/c1-49(2)39-30-37(46-53-43(32-20-10-7-11-21-32)52-44(54-46)33-22-12-8-13-23-33)38(31-40(39)50(3,4)51(49,5)6)47-55-45(34-24-14-9-15-25-34)56-48(57-47)58-41-28-18-16-26-35(41)36-27-17-19-29-42(36)58/h7-31H,1-6H3/i16D,17D,18D,19D,26D,27D,28D,29D,30D,31D. The van der Waals surface area contributed by atoms with E-state index in [1.165, 1.54) is 4.57 Å². The van der Waals surface area contributed by atoms with Crippen LogP contribution in [-0.4, -0.2) is 34.5 Å². The summed E-state index contributed by atoms with van der Waals surface area (Å²) in [7, 11) is 0. The first-order valence-corrected chi connectivity index (χ1v) is 19.1. The topological polar surface area (TPSA) is 82.3 Å². The summed E-state index contributed by atoms with van der Waals surface area (Å²) in [6.07, 6.45) is 0. The third-order valence-corrected chi connectivity index (χ3v) is 12.4. The van der Waals surface area contributed by atoms with Crippen LogP contribution in [0.15, 0.2) is 151 Å². The number of benzene rings is 6. The van der Waals surface area contributed by atoms with Gasteiger partial charge in [-0.1, -0.05) is 169 Å². The van der Waals surface area contributed by atoms with Crippen LogP contribution in [0.2, 0.25) is 0 Å². The SMILES string of the molecule is [2H]c1c(-c2nc(-c3ccccc3)nc(-c3ccccc3)n2)c(-c2nc(-c3ccccc3)nc(-n3c4c([2H])c([2H])c([2H])c([2H])c4c4c([2H])c([2H])c([2H])c([2H])c43)n2)c([2H])c2c1C(C)(C)C(C)(C)C2(C)C. The fourth-order valence-corrected chi connectivity index (χ4v) is 8.01. The highest BCUT2D eigenvalue weighted by Crippen LogP contribution is 2.62. The van der Waals surface area contributed by atoms with E-state index in [0.717, 1.165) is 0 Å².